The number of hydrogen-bond donors (Lipinski definition) is 4. The zero-order chi connectivity index (χ0) is 10.1. The second kappa shape index (κ2) is 8.44. The maximum absolute atomic E-state index is 5.63. The molecule has 0 unspecified atom stereocenters. The van der Waals surface area contributed by atoms with Crippen LogP contribution in [0.2, 0.25) is 0 Å². The summed E-state index contributed by atoms with van der Waals surface area (Å²) in [5.41, 5.74) is 22.2. The summed E-state index contributed by atoms with van der Waals surface area (Å²) in [6.07, 6.45) is 3.07. The van der Waals surface area contributed by atoms with Crippen LogP contribution in [0.4, 0.5) is 0 Å². The Balaban J connectivity index is 3.73. The van der Waals surface area contributed by atoms with Gasteiger partial charge in [0.15, 0.2) is 0 Å². The van der Waals surface area contributed by atoms with Gasteiger partial charge in [-0.3, -0.25) is 0 Å². The van der Waals surface area contributed by atoms with Crippen molar-refractivity contribution in [1.82, 2.24) is 0 Å². The standard InChI is InChI=1S/C9H24N4/c10-3-1-8(6-12)5-9(7-13)2-4-11/h8-9H,1-7,10-13H2/t8-,9+. The normalized spacial score (nSPS) is 15.7. The molecule has 4 nitrogen and oxygen atoms in total. The van der Waals surface area contributed by atoms with Crippen LogP contribution >= 0.6 is 0 Å². The highest BCUT2D eigenvalue weighted by Crippen LogP contribution is 2.15. The second-order valence-electron chi connectivity index (χ2n) is 3.59. The summed E-state index contributed by atoms with van der Waals surface area (Å²) >= 11 is 0. The molecule has 0 bridgehead atoms. The molecule has 0 aromatic carbocycles. The van der Waals surface area contributed by atoms with Gasteiger partial charge in [0, 0.05) is 0 Å². The molecule has 80 valence electrons. The van der Waals surface area contributed by atoms with Crippen LogP contribution < -0.4 is 22.9 Å². The number of hydrogen-bond acceptors (Lipinski definition) is 4. The van der Waals surface area contributed by atoms with E-state index in [0.717, 1.165) is 19.3 Å². The first-order valence-electron chi connectivity index (χ1n) is 5.08. The summed E-state index contributed by atoms with van der Waals surface area (Å²) in [4.78, 5) is 0. The van der Waals surface area contributed by atoms with E-state index in [1.54, 1.807) is 0 Å². The summed E-state index contributed by atoms with van der Waals surface area (Å²) in [5.74, 6) is 1.04. The molecule has 0 aliphatic rings. The smallest absolute Gasteiger partial charge is 0.00483 e. The maximum atomic E-state index is 5.63. The van der Waals surface area contributed by atoms with Crippen LogP contribution in [0.3, 0.4) is 0 Å². The van der Waals surface area contributed by atoms with Crippen LogP contribution in [-0.4, -0.2) is 26.2 Å². The van der Waals surface area contributed by atoms with Gasteiger partial charge >= 0.3 is 0 Å². The summed E-state index contributed by atoms with van der Waals surface area (Å²) in [5, 5.41) is 0. The minimum Gasteiger partial charge on any atom is -0.330 e. The third kappa shape index (κ3) is 5.99. The molecule has 2 atom stereocenters. The zero-order valence-corrected chi connectivity index (χ0v) is 8.41. The fourth-order valence-corrected chi connectivity index (χ4v) is 1.61. The van der Waals surface area contributed by atoms with E-state index >= 15 is 0 Å². The van der Waals surface area contributed by atoms with Gasteiger partial charge in [-0.2, -0.15) is 0 Å². The molecule has 0 saturated heterocycles. The SMILES string of the molecule is NCC[C@@H](CN)C[C@@H](CN)CCN. The van der Waals surface area contributed by atoms with Crippen molar-refractivity contribution in [2.75, 3.05) is 26.2 Å². The van der Waals surface area contributed by atoms with Crippen molar-refractivity contribution in [2.24, 2.45) is 34.8 Å². The van der Waals surface area contributed by atoms with Gasteiger partial charge in [-0.15, -0.1) is 0 Å². The van der Waals surface area contributed by atoms with Crippen molar-refractivity contribution < 1.29 is 0 Å². The highest BCUT2D eigenvalue weighted by atomic mass is 14.6. The van der Waals surface area contributed by atoms with E-state index in [2.05, 4.69) is 0 Å². The van der Waals surface area contributed by atoms with Crippen molar-refractivity contribution in [3.05, 3.63) is 0 Å². The van der Waals surface area contributed by atoms with Crippen molar-refractivity contribution in [3.8, 4) is 0 Å². The van der Waals surface area contributed by atoms with E-state index in [0.29, 0.717) is 38.0 Å². The summed E-state index contributed by atoms with van der Waals surface area (Å²) in [7, 11) is 0. The lowest BCUT2D eigenvalue weighted by Crippen LogP contribution is -2.26. The largest absolute Gasteiger partial charge is 0.330 e. The Morgan fingerprint density at radius 2 is 1.08 bits per heavy atom. The van der Waals surface area contributed by atoms with Gasteiger partial charge < -0.3 is 22.9 Å². The van der Waals surface area contributed by atoms with Crippen LogP contribution in [0.25, 0.3) is 0 Å². The fraction of sp³-hybridized carbons (Fsp3) is 1.00. The Hall–Kier alpha value is -0.160. The first-order valence-corrected chi connectivity index (χ1v) is 5.08. The molecule has 0 saturated carbocycles. The van der Waals surface area contributed by atoms with E-state index in [1.165, 1.54) is 0 Å². The van der Waals surface area contributed by atoms with Gasteiger partial charge in [-0.05, 0) is 57.3 Å². The van der Waals surface area contributed by atoms with Gasteiger partial charge in [0.05, 0.1) is 0 Å². The van der Waals surface area contributed by atoms with Crippen molar-refractivity contribution in [2.45, 2.75) is 19.3 Å². The predicted molar refractivity (Wildman–Crippen MR) is 57.0 cm³/mol. The molecule has 0 spiro atoms. The van der Waals surface area contributed by atoms with E-state index in [1.807, 2.05) is 0 Å². The molecule has 4 heteroatoms. The van der Waals surface area contributed by atoms with Crippen molar-refractivity contribution >= 4 is 0 Å². The topological polar surface area (TPSA) is 104 Å². The Kier molecular flexibility index (Phi) is 8.33. The van der Waals surface area contributed by atoms with Gasteiger partial charge in [0.25, 0.3) is 0 Å². The van der Waals surface area contributed by atoms with Crippen LogP contribution in [0.5, 0.6) is 0 Å². The lowest BCUT2D eigenvalue weighted by Gasteiger charge is -2.20. The lowest BCUT2D eigenvalue weighted by atomic mass is 9.90. The average Bonchev–Trinajstić information content (AvgIpc) is 2.16. The minimum absolute atomic E-state index is 0.519. The molecule has 8 N–H and O–H groups in total. The Bertz CT molecular complexity index is 95.8. The van der Waals surface area contributed by atoms with Crippen molar-refractivity contribution in [3.63, 3.8) is 0 Å². The maximum Gasteiger partial charge on any atom is -0.00483 e. The van der Waals surface area contributed by atoms with Crippen LogP contribution in [0.1, 0.15) is 19.3 Å². The third-order valence-corrected chi connectivity index (χ3v) is 2.48. The minimum atomic E-state index is 0.519. The number of nitrogens with two attached hydrogens (primary N) is 4. The Morgan fingerprint density at radius 1 is 0.692 bits per heavy atom. The van der Waals surface area contributed by atoms with Gasteiger partial charge in [0.1, 0.15) is 0 Å². The Labute approximate surface area is 81.0 Å². The zero-order valence-electron chi connectivity index (χ0n) is 8.41. The second-order valence-corrected chi connectivity index (χ2v) is 3.59. The average molecular weight is 188 g/mol. The van der Waals surface area contributed by atoms with Crippen molar-refractivity contribution in [1.29, 1.82) is 0 Å². The van der Waals surface area contributed by atoms with Crippen LogP contribution in [0, 0.1) is 11.8 Å². The molecule has 0 amide bonds. The molecule has 0 aromatic heterocycles. The molecular formula is C9H24N4. The predicted octanol–water partition coefficient (Wildman–Crippen LogP) is -0.776. The first kappa shape index (κ1) is 12.8. The fourth-order valence-electron chi connectivity index (χ4n) is 1.61. The van der Waals surface area contributed by atoms with Gasteiger partial charge in [0.2, 0.25) is 0 Å². The van der Waals surface area contributed by atoms with Crippen LogP contribution in [-0.2, 0) is 0 Å². The molecule has 0 fully saturated rings. The highest BCUT2D eigenvalue weighted by molar-refractivity contribution is 4.68. The van der Waals surface area contributed by atoms with E-state index < -0.39 is 0 Å². The molecule has 0 aliphatic heterocycles. The monoisotopic (exact) mass is 188 g/mol. The lowest BCUT2D eigenvalue weighted by molar-refractivity contribution is 0.353. The van der Waals surface area contributed by atoms with E-state index in [-0.39, 0.29) is 0 Å². The summed E-state index contributed by atoms with van der Waals surface area (Å²) in [6, 6.07) is 0. The first-order chi connectivity index (χ1) is 6.28. The molecule has 0 aliphatic carbocycles. The highest BCUT2D eigenvalue weighted by Gasteiger charge is 2.12. The molecule has 0 heterocycles. The third-order valence-electron chi connectivity index (χ3n) is 2.48. The molecule has 0 rings (SSSR count). The quantitative estimate of drug-likeness (QED) is 0.401. The van der Waals surface area contributed by atoms with E-state index in [4.69, 9.17) is 22.9 Å². The molecule has 0 radical (unpaired) electrons. The summed E-state index contributed by atoms with van der Waals surface area (Å²) in [6.45, 7) is 2.83. The molecule has 0 aromatic rings. The Morgan fingerprint density at radius 3 is 1.31 bits per heavy atom. The van der Waals surface area contributed by atoms with Gasteiger partial charge in [-0.1, -0.05) is 0 Å². The summed E-state index contributed by atoms with van der Waals surface area (Å²) < 4.78 is 0. The van der Waals surface area contributed by atoms with Crippen LogP contribution in [0.15, 0.2) is 0 Å². The molecule has 13 heavy (non-hydrogen) atoms. The van der Waals surface area contributed by atoms with E-state index in [9.17, 15) is 0 Å². The molecular weight excluding hydrogens is 164 g/mol. The van der Waals surface area contributed by atoms with Gasteiger partial charge in [-0.25, -0.2) is 0 Å². The number of rotatable bonds is 8.